The Morgan fingerprint density at radius 1 is 1.10 bits per heavy atom. The molecule has 2 rings (SSSR count). The first-order valence-corrected chi connectivity index (χ1v) is 7.07. The normalized spacial score (nSPS) is 11.2. The SMILES string of the molecule is CN(Cc1cccc(N)c1)C(=O)C(C)(C)c1ccccc1. The molecule has 0 bridgehead atoms. The first kappa shape index (κ1) is 15.1. The van der Waals surface area contributed by atoms with Crippen LogP contribution in [0.25, 0.3) is 0 Å². The molecule has 0 radical (unpaired) electrons. The lowest BCUT2D eigenvalue weighted by molar-refractivity contribution is -0.135. The number of nitrogen functional groups attached to an aromatic ring is 1. The van der Waals surface area contributed by atoms with Crippen molar-refractivity contribution in [3.05, 3.63) is 65.7 Å². The van der Waals surface area contributed by atoms with E-state index in [2.05, 4.69) is 0 Å². The molecule has 0 unspecified atom stereocenters. The van der Waals surface area contributed by atoms with Crippen molar-refractivity contribution in [3.63, 3.8) is 0 Å². The Kier molecular flexibility index (Phi) is 4.32. The van der Waals surface area contributed by atoms with Gasteiger partial charge in [0.2, 0.25) is 5.91 Å². The molecule has 3 heteroatoms. The predicted octanol–water partition coefficient (Wildman–Crippen LogP) is 3.21. The Labute approximate surface area is 126 Å². The van der Waals surface area contributed by atoms with Gasteiger partial charge >= 0.3 is 0 Å². The van der Waals surface area contributed by atoms with Gasteiger partial charge in [0.25, 0.3) is 0 Å². The van der Waals surface area contributed by atoms with E-state index in [9.17, 15) is 4.79 Å². The van der Waals surface area contributed by atoms with Crippen LogP contribution < -0.4 is 5.73 Å². The third kappa shape index (κ3) is 3.43. The van der Waals surface area contributed by atoms with E-state index < -0.39 is 5.41 Å². The number of hydrogen-bond donors (Lipinski definition) is 1. The van der Waals surface area contributed by atoms with E-state index in [1.54, 1.807) is 4.90 Å². The maximum Gasteiger partial charge on any atom is 0.232 e. The Bertz CT molecular complexity index is 620. The smallest absolute Gasteiger partial charge is 0.232 e. The third-order valence-corrected chi connectivity index (χ3v) is 3.75. The summed E-state index contributed by atoms with van der Waals surface area (Å²) in [6.45, 7) is 4.47. The van der Waals surface area contributed by atoms with E-state index in [4.69, 9.17) is 5.73 Å². The largest absolute Gasteiger partial charge is 0.399 e. The summed E-state index contributed by atoms with van der Waals surface area (Å²) < 4.78 is 0. The Morgan fingerprint density at radius 3 is 2.38 bits per heavy atom. The highest BCUT2D eigenvalue weighted by Gasteiger charge is 2.32. The van der Waals surface area contributed by atoms with Crippen LogP contribution in [0.5, 0.6) is 0 Å². The van der Waals surface area contributed by atoms with E-state index in [1.807, 2.05) is 75.5 Å². The standard InChI is InChI=1S/C18H22N2O/c1-18(2,15-9-5-4-6-10-15)17(21)20(3)13-14-8-7-11-16(19)12-14/h4-12H,13,19H2,1-3H3. The average molecular weight is 282 g/mol. The van der Waals surface area contributed by atoms with Gasteiger partial charge in [-0.25, -0.2) is 0 Å². The highest BCUT2D eigenvalue weighted by Crippen LogP contribution is 2.25. The molecule has 0 saturated carbocycles. The molecule has 0 saturated heterocycles. The number of carbonyl (C=O) groups is 1. The number of anilines is 1. The number of amides is 1. The van der Waals surface area contributed by atoms with Crippen LogP contribution in [0, 0.1) is 0 Å². The second-order valence-electron chi connectivity index (χ2n) is 5.90. The first-order chi connectivity index (χ1) is 9.91. The summed E-state index contributed by atoms with van der Waals surface area (Å²) in [6, 6.07) is 17.5. The summed E-state index contributed by atoms with van der Waals surface area (Å²) in [4.78, 5) is 14.5. The van der Waals surface area contributed by atoms with Crippen molar-refractivity contribution in [2.75, 3.05) is 12.8 Å². The highest BCUT2D eigenvalue weighted by molar-refractivity contribution is 5.87. The monoisotopic (exact) mass is 282 g/mol. The zero-order valence-electron chi connectivity index (χ0n) is 12.8. The van der Waals surface area contributed by atoms with Crippen molar-refractivity contribution in [1.29, 1.82) is 0 Å². The number of likely N-dealkylation sites (N-methyl/N-ethyl adjacent to an activating group) is 1. The van der Waals surface area contributed by atoms with Gasteiger partial charge < -0.3 is 10.6 Å². The molecule has 0 aromatic heterocycles. The van der Waals surface area contributed by atoms with Crippen LogP contribution in [0.4, 0.5) is 5.69 Å². The Balaban J connectivity index is 2.15. The number of nitrogens with zero attached hydrogens (tertiary/aromatic N) is 1. The minimum atomic E-state index is -0.545. The second kappa shape index (κ2) is 6.00. The molecule has 0 heterocycles. The van der Waals surface area contributed by atoms with Crippen molar-refractivity contribution >= 4 is 11.6 Å². The van der Waals surface area contributed by atoms with E-state index in [0.29, 0.717) is 6.54 Å². The zero-order valence-corrected chi connectivity index (χ0v) is 12.8. The van der Waals surface area contributed by atoms with Crippen molar-refractivity contribution in [2.45, 2.75) is 25.8 Å². The number of hydrogen-bond acceptors (Lipinski definition) is 2. The van der Waals surface area contributed by atoms with Gasteiger partial charge in [0.15, 0.2) is 0 Å². The van der Waals surface area contributed by atoms with Crippen LogP contribution in [-0.4, -0.2) is 17.9 Å². The number of benzene rings is 2. The van der Waals surface area contributed by atoms with E-state index >= 15 is 0 Å². The fourth-order valence-corrected chi connectivity index (χ4v) is 2.49. The van der Waals surface area contributed by atoms with Gasteiger partial charge in [0.1, 0.15) is 0 Å². The third-order valence-electron chi connectivity index (χ3n) is 3.75. The molecule has 0 atom stereocenters. The fourth-order valence-electron chi connectivity index (χ4n) is 2.49. The molecule has 0 aliphatic heterocycles. The number of rotatable bonds is 4. The van der Waals surface area contributed by atoms with Crippen LogP contribution >= 0.6 is 0 Å². The highest BCUT2D eigenvalue weighted by atomic mass is 16.2. The van der Waals surface area contributed by atoms with E-state index in [-0.39, 0.29) is 5.91 Å². The van der Waals surface area contributed by atoms with Gasteiger partial charge in [0, 0.05) is 19.3 Å². The second-order valence-corrected chi connectivity index (χ2v) is 5.90. The van der Waals surface area contributed by atoms with Crippen LogP contribution in [0.1, 0.15) is 25.0 Å². The first-order valence-electron chi connectivity index (χ1n) is 7.07. The van der Waals surface area contributed by atoms with Gasteiger partial charge in [-0.15, -0.1) is 0 Å². The molecule has 2 N–H and O–H groups in total. The summed E-state index contributed by atoms with van der Waals surface area (Å²) in [5.74, 6) is 0.0936. The number of carbonyl (C=O) groups excluding carboxylic acids is 1. The molecule has 0 aliphatic carbocycles. The molecular formula is C18H22N2O. The molecule has 3 nitrogen and oxygen atoms in total. The maximum atomic E-state index is 12.7. The van der Waals surface area contributed by atoms with Crippen molar-refractivity contribution in [1.82, 2.24) is 4.90 Å². The minimum Gasteiger partial charge on any atom is -0.399 e. The molecule has 21 heavy (non-hydrogen) atoms. The Hall–Kier alpha value is -2.29. The molecule has 2 aromatic rings. The molecule has 0 spiro atoms. The number of nitrogens with two attached hydrogens (primary N) is 1. The van der Waals surface area contributed by atoms with Crippen LogP contribution in [0.3, 0.4) is 0 Å². The Morgan fingerprint density at radius 2 is 1.76 bits per heavy atom. The van der Waals surface area contributed by atoms with Gasteiger partial charge in [-0.3, -0.25) is 4.79 Å². The van der Waals surface area contributed by atoms with Gasteiger partial charge in [-0.1, -0.05) is 42.5 Å². The van der Waals surface area contributed by atoms with Gasteiger partial charge in [-0.05, 0) is 37.1 Å². The van der Waals surface area contributed by atoms with Crippen LogP contribution in [0.2, 0.25) is 0 Å². The molecule has 110 valence electrons. The molecular weight excluding hydrogens is 260 g/mol. The average Bonchev–Trinajstić information content (AvgIpc) is 2.47. The van der Waals surface area contributed by atoms with Crippen LogP contribution in [-0.2, 0) is 16.8 Å². The summed E-state index contributed by atoms with van der Waals surface area (Å²) in [5.41, 5.74) is 8.02. The van der Waals surface area contributed by atoms with Crippen molar-refractivity contribution in [2.24, 2.45) is 0 Å². The fraction of sp³-hybridized carbons (Fsp3) is 0.278. The molecule has 1 amide bonds. The molecule has 0 fully saturated rings. The lowest BCUT2D eigenvalue weighted by atomic mass is 9.83. The summed E-state index contributed by atoms with van der Waals surface area (Å²) >= 11 is 0. The quantitative estimate of drug-likeness (QED) is 0.875. The van der Waals surface area contributed by atoms with E-state index in [1.165, 1.54) is 0 Å². The maximum absolute atomic E-state index is 12.7. The molecule has 2 aromatic carbocycles. The lowest BCUT2D eigenvalue weighted by Crippen LogP contribution is -2.40. The van der Waals surface area contributed by atoms with Crippen LogP contribution in [0.15, 0.2) is 54.6 Å². The summed E-state index contributed by atoms with van der Waals surface area (Å²) in [6.07, 6.45) is 0. The summed E-state index contributed by atoms with van der Waals surface area (Å²) in [5, 5.41) is 0. The minimum absolute atomic E-state index is 0.0936. The van der Waals surface area contributed by atoms with E-state index in [0.717, 1.165) is 16.8 Å². The molecule has 0 aliphatic rings. The van der Waals surface area contributed by atoms with Crippen molar-refractivity contribution in [3.8, 4) is 0 Å². The predicted molar refractivity (Wildman–Crippen MR) is 86.8 cm³/mol. The van der Waals surface area contributed by atoms with Gasteiger partial charge in [0.05, 0.1) is 5.41 Å². The lowest BCUT2D eigenvalue weighted by Gasteiger charge is -2.30. The zero-order chi connectivity index (χ0) is 15.5. The summed E-state index contributed by atoms with van der Waals surface area (Å²) in [7, 11) is 1.83. The topological polar surface area (TPSA) is 46.3 Å². The van der Waals surface area contributed by atoms with Gasteiger partial charge in [-0.2, -0.15) is 0 Å². The van der Waals surface area contributed by atoms with Crippen molar-refractivity contribution < 1.29 is 4.79 Å².